The van der Waals surface area contributed by atoms with Gasteiger partial charge in [0.05, 0.1) is 11.6 Å². The van der Waals surface area contributed by atoms with Crippen LogP contribution in [0.2, 0.25) is 0 Å². The highest BCUT2D eigenvalue weighted by molar-refractivity contribution is 6.07. The molecule has 228 valence electrons. The number of Topliss-reactive ketones (excluding diaryl/α,β-unsaturated/α-hetero) is 2. The number of carbonyl (C=O) groups is 3. The number of nitrogens with zero attached hydrogens (tertiary/aromatic N) is 5. The second kappa shape index (κ2) is 11.2. The molecule has 1 amide bonds. The van der Waals surface area contributed by atoms with Crippen LogP contribution in [-0.2, 0) is 22.6 Å². The number of rotatable bonds is 4. The third-order valence-electron chi connectivity index (χ3n) is 9.79. The van der Waals surface area contributed by atoms with Gasteiger partial charge in [-0.2, -0.15) is 5.10 Å². The quantitative estimate of drug-likeness (QED) is 0.332. The minimum absolute atomic E-state index is 0.0000508. The van der Waals surface area contributed by atoms with Crippen LogP contribution >= 0.6 is 0 Å². The monoisotopic (exact) mass is 591 g/mol. The number of hydrogen-bond acceptors (Lipinski definition) is 6. The molecule has 4 heterocycles. The van der Waals surface area contributed by atoms with Crippen molar-refractivity contribution in [2.75, 3.05) is 0 Å². The summed E-state index contributed by atoms with van der Waals surface area (Å²) >= 11 is 0. The number of piperidine rings is 1. The summed E-state index contributed by atoms with van der Waals surface area (Å²) in [4.78, 5) is 50.3. The van der Waals surface area contributed by atoms with Crippen molar-refractivity contribution in [3.8, 4) is 11.1 Å². The highest BCUT2D eigenvalue weighted by Gasteiger charge is 2.66. The van der Waals surface area contributed by atoms with Crippen molar-refractivity contribution in [3.05, 3.63) is 41.6 Å². The Labute approximate surface area is 250 Å². The molecule has 0 unspecified atom stereocenters. The molecule has 3 aromatic rings. The Morgan fingerprint density at radius 1 is 1.00 bits per heavy atom. The number of ketones is 2. The Kier molecular flexibility index (Phi) is 7.67. The lowest BCUT2D eigenvalue weighted by Crippen LogP contribution is -2.44. The minimum Gasteiger partial charge on any atom is -0.327 e. The van der Waals surface area contributed by atoms with Crippen LogP contribution < -0.4 is 0 Å². The fraction of sp³-hybridized carbons (Fsp3) is 0.576. The van der Waals surface area contributed by atoms with Gasteiger partial charge in [0, 0.05) is 55.6 Å². The zero-order valence-electron chi connectivity index (χ0n) is 25.2. The summed E-state index contributed by atoms with van der Waals surface area (Å²) in [6.45, 7) is 4.97. The zero-order chi connectivity index (χ0) is 30.5. The molecule has 2 aliphatic heterocycles. The predicted molar refractivity (Wildman–Crippen MR) is 158 cm³/mol. The van der Waals surface area contributed by atoms with Crippen LogP contribution in [0.4, 0.5) is 8.78 Å². The molecule has 6 rings (SSSR count). The van der Waals surface area contributed by atoms with Crippen LogP contribution in [0.15, 0.2) is 24.5 Å². The average Bonchev–Trinajstić information content (AvgIpc) is 3.37. The van der Waals surface area contributed by atoms with Gasteiger partial charge in [0.2, 0.25) is 11.8 Å². The molecule has 1 aromatic carbocycles. The first-order chi connectivity index (χ1) is 20.5. The SMILES string of the molecule is CCC(=O)[C@@H]1C[C@]23CCCC(F)(F)CCCCCc4cc(-c5cnc(C)nc5)cc5c(C(C)=O)nn(c45)CC(=O)N1[C@@H]2C3. The number of hydrogen-bond donors (Lipinski definition) is 0. The van der Waals surface area contributed by atoms with E-state index in [1.54, 1.807) is 28.9 Å². The summed E-state index contributed by atoms with van der Waals surface area (Å²) in [7, 11) is 0. The third-order valence-corrected chi connectivity index (χ3v) is 9.79. The lowest BCUT2D eigenvalue weighted by atomic mass is 9.90. The summed E-state index contributed by atoms with van der Waals surface area (Å²) in [5.74, 6) is -2.52. The first kappa shape index (κ1) is 29.5. The normalized spacial score (nSPS) is 25.8. The Morgan fingerprint density at radius 2 is 1.74 bits per heavy atom. The number of amides is 1. The maximum atomic E-state index is 14.8. The molecule has 1 saturated heterocycles. The highest BCUT2D eigenvalue weighted by atomic mass is 19.3. The molecule has 3 atom stereocenters. The van der Waals surface area contributed by atoms with E-state index < -0.39 is 12.0 Å². The maximum absolute atomic E-state index is 14.8. The van der Waals surface area contributed by atoms with Gasteiger partial charge in [-0.3, -0.25) is 19.1 Å². The molecule has 1 aliphatic carbocycles. The van der Waals surface area contributed by atoms with Gasteiger partial charge in [0.15, 0.2) is 11.6 Å². The van der Waals surface area contributed by atoms with Crippen molar-refractivity contribution < 1.29 is 23.2 Å². The van der Waals surface area contributed by atoms with Crippen LogP contribution in [0.25, 0.3) is 22.0 Å². The second-order valence-corrected chi connectivity index (χ2v) is 12.8. The van der Waals surface area contributed by atoms with Gasteiger partial charge in [0.25, 0.3) is 0 Å². The molecule has 2 aromatic heterocycles. The molecule has 43 heavy (non-hydrogen) atoms. The summed E-state index contributed by atoms with van der Waals surface area (Å²) in [6.07, 6.45) is 8.05. The highest BCUT2D eigenvalue weighted by Crippen LogP contribution is 2.62. The van der Waals surface area contributed by atoms with Crippen molar-refractivity contribution in [1.29, 1.82) is 0 Å². The Balaban J connectivity index is 1.45. The van der Waals surface area contributed by atoms with Crippen molar-refractivity contribution >= 4 is 28.4 Å². The predicted octanol–water partition coefficient (Wildman–Crippen LogP) is 6.27. The summed E-state index contributed by atoms with van der Waals surface area (Å²) in [5.41, 5.74) is 3.21. The lowest BCUT2D eigenvalue weighted by Gasteiger charge is -2.26. The number of halogens is 2. The molecular weight excluding hydrogens is 552 g/mol. The topological polar surface area (TPSA) is 98.0 Å². The van der Waals surface area contributed by atoms with Crippen LogP contribution in [0, 0.1) is 12.3 Å². The molecule has 2 fully saturated rings. The van der Waals surface area contributed by atoms with Gasteiger partial charge in [-0.1, -0.05) is 13.3 Å². The molecule has 8 nitrogen and oxygen atoms in total. The fourth-order valence-corrected chi connectivity index (χ4v) is 7.45. The van der Waals surface area contributed by atoms with E-state index in [4.69, 9.17) is 0 Å². The molecule has 0 N–H and O–H groups in total. The number of benzene rings is 1. The van der Waals surface area contributed by atoms with E-state index in [0.717, 1.165) is 23.1 Å². The molecule has 3 aliphatic rings. The van der Waals surface area contributed by atoms with Gasteiger partial charge in [-0.05, 0) is 80.5 Å². The van der Waals surface area contributed by atoms with Gasteiger partial charge < -0.3 is 4.90 Å². The van der Waals surface area contributed by atoms with Gasteiger partial charge in [0.1, 0.15) is 18.1 Å². The smallest absolute Gasteiger partial charge is 0.248 e. The van der Waals surface area contributed by atoms with Gasteiger partial charge >= 0.3 is 0 Å². The van der Waals surface area contributed by atoms with Gasteiger partial charge in [-0.25, -0.2) is 18.7 Å². The van der Waals surface area contributed by atoms with E-state index in [1.165, 1.54) is 6.92 Å². The number of alkyl halides is 2. The molecule has 2 bridgehead atoms. The Morgan fingerprint density at radius 3 is 2.47 bits per heavy atom. The van der Waals surface area contributed by atoms with Crippen molar-refractivity contribution in [2.45, 2.75) is 116 Å². The maximum Gasteiger partial charge on any atom is 0.248 e. The average molecular weight is 592 g/mol. The minimum atomic E-state index is -2.73. The molecular formula is C33H39F2N5O3. The lowest BCUT2D eigenvalue weighted by molar-refractivity contribution is -0.139. The van der Waals surface area contributed by atoms with Crippen molar-refractivity contribution in [1.82, 2.24) is 24.6 Å². The van der Waals surface area contributed by atoms with E-state index in [-0.39, 0.29) is 54.0 Å². The van der Waals surface area contributed by atoms with Crippen LogP contribution in [-0.4, -0.2) is 60.1 Å². The number of carbonyl (C=O) groups excluding carboxylic acids is 3. The van der Waals surface area contributed by atoms with Crippen molar-refractivity contribution in [3.63, 3.8) is 0 Å². The second-order valence-electron chi connectivity index (χ2n) is 12.8. The van der Waals surface area contributed by atoms with Crippen LogP contribution in [0.3, 0.4) is 0 Å². The third kappa shape index (κ3) is 5.60. The fourth-order valence-electron chi connectivity index (χ4n) is 7.45. The number of aromatic nitrogens is 4. The van der Waals surface area contributed by atoms with E-state index in [1.807, 2.05) is 19.1 Å². The summed E-state index contributed by atoms with van der Waals surface area (Å²) in [6, 6.07) is 3.24. The molecule has 10 heteroatoms. The van der Waals surface area contributed by atoms with E-state index >= 15 is 0 Å². The molecule has 0 spiro atoms. The number of aryl methyl sites for hydroxylation is 2. The van der Waals surface area contributed by atoms with E-state index in [9.17, 15) is 23.2 Å². The first-order valence-corrected chi connectivity index (χ1v) is 15.6. The first-order valence-electron chi connectivity index (χ1n) is 15.6. The standard InChI is InChI=1S/C33H39F2N5O3/c1-4-27(42)26-15-32-10-8-12-33(34,35)11-7-5-6-9-22-13-23(24-17-36-21(3)37-18-24)14-25-30(20(2)41)38-39(31(22)25)19-29(43)40(26)28(32)16-32/h13-14,17-18,26,28H,4-12,15-16,19H2,1-3H3/t26-,28+,32-/m0/s1. The molecule has 0 radical (unpaired) electrons. The summed E-state index contributed by atoms with van der Waals surface area (Å²) < 4.78 is 31.3. The van der Waals surface area contributed by atoms with E-state index in [2.05, 4.69) is 15.1 Å². The Hall–Kier alpha value is -3.56. The largest absolute Gasteiger partial charge is 0.327 e. The molecule has 1 saturated carbocycles. The van der Waals surface area contributed by atoms with Gasteiger partial charge in [-0.15, -0.1) is 0 Å². The van der Waals surface area contributed by atoms with E-state index in [0.29, 0.717) is 68.1 Å². The van der Waals surface area contributed by atoms with Crippen molar-refractivity contribution in [2.24, 2.45) is 5.41 Å². The van der Waals surface area contributed by atoms with Crippen LogP contribution in [0.5, 0.6) is 0 Å². The van der Waals surface area contributed by atoms with Crippen LogP contribution in [0.1, 0.15) is 99.9 Å². The zero-order valence-corrected chi connectivity index (χ0v) is 25.2. The Bertz CT molecular complexity index is 1580. The summed E-state index contributed by atoms with van der Waals surface area (Å²) in [5, 5.41) is 5.31.